The van der Waals surface area contributed by atoms with E-state index < -0.39 is 0 Å². The van der Waals surface area contributed by atoms with Crippen LogP contribution in [0.2, 0.25) is 0 Å². The minimum Gasteiger partial charge on any atom is -0.353 e. The van der Waals surface area contributed by atoms with E-state index in [1.54, 1.807) is 0 Å². The van der Waals surface area contributed by atoms with Gasteiger partial charge in [0.15, 0.2) is 0 Å². The summed E-state index contributed by atoms with van der Waals surface area (Å²) in [5, 5.41) is 14.4. The number of nitrogens with one attached hydrogen (secondary N) is 2. The SMILES string of the molecule is N#CCCCCNCCC(=O)NC1CC1. The lowest BCUT2D eigenvalue weighted by Gasteiger charge is -2.04. The molecule has 1 rings (SSSR count). The van der Waals surface area contributed by atoms with Gasteiger partial charge >= 0.3 is 0 Å². The zero-order chi connectivity index (χ0) is 10.9. The highest BCUT2D eigenvalue weighted by Gasteiger charge is 2.22. The van der Waals surface area contributed by atoms with E-state index in [1.807, 2.05) is 0 Å². The molecule has 1 aliphatic rings. The van der Waals surface area contributed by atoms with E-state index in [-0.39, 0.29) is 5.91 Å². The molecule has 0 atom stereocenters. The quantitative estimate of drug-likeness (QED) is 0.585. The Bertz CT molecular complexity index is 230. The molecule has 0 heterocycles. The highest BCUT2D eigenvalue weighted by molar-refractivity contribution is 5.76. The molecule has 84 valence electrons. The van der Waals surface area contributed by atoms with Crippen LogP contribution in [-0.2, 0) is 4.79 Å². The summed E-state index contributed by atoms with van der Waals surface area (Å²) in [7, 11) is 0. The predicted octanol–water partition coefficient (Wildman–Crippen LogP) is 0.939. The lowest BCUT2D eigenvalue weighted by atomic mass is 10.2. The number of hydrogen-bond acceptors (Lipinski definition) is 3. The van der Waals surface area contributed by atoms with Crippen molar-refractivity contribution in [2.24, 2.45) is 0 Å². The van der Waals surface area contributed by atoms with Crippen molar-refractivity contribution in [3.05, 3.63) is 0 Å². The van der Waals surface area contributed by atoms with Crippen LogP contribution in [0.15, 0.2) is 0 Å². The fourth-order valence-corrected chi connectivity index (χ4v) is 1.31. The molecule has 0 bridgehead atoms. The van der Waals surface area contributed by atoms with Crippen LogP contribution in [0.1, 0.15) is 38.5 Å². The minimum atomic E-state index is 0.155. The summed E-state index contributed by atoms with van der Waals surface area (Å²) in [6, 6.07) is 2.58. The minimum absolute atomic E-state index is 0.155. The van der Waals surface area contributed by atoms with Gasteiger partial charge in [0.05, 0.1) is 6.07 Å². The van der Waals surface area contributed by atoms with Gasteiger partial charge in [-0.15, -0.1) is 0 Å². The largest absolute Gasteiger partial charge is 0.353 e. The Morgan fingerprint density at radius 3 is 2.80 bits per heavy atom. The van der Waals surface area contributed by atoms with E-state index in [0.29, 0.717) is 18.9 Å². The monoisotopic (exact) mass is 209 g/mol. The van der Waals surface area contributed by atoms with Crippen molar-refractivity contribution in [1.29, 1.82) is 5.26 Å². The first-order chi connectivity index (χ1) is 7.33. The van der Waals surface area contributed by atoms with Crippen molar-refractivity contribution >= 4 is 5.91 Å². The number of unbranched alkanes of at least 4 members (excludes halogenated alkanes) is 2. The third-order valence-electron chi connectivity index (χ3n) is 2.36. The van der Waals surface area contributed by atoms with Crippen molar-refractivity contribution in [3.63, 3.8) is 0 Å². The first-order valence-electron chi connectivity index (χ1n) is 5.70. The van der Waals surface area contributed by atoms with Crippen LogP contribution in [0.25, 0.3) is 0 Å². The van der Waals surface area contributed by atoms with E-state index in [4.69, 9.17) is 5.26 Å². The van der Waals surface area contributed by atoms with E-state index >= 15 is 0 Å². The molecule has 0 unspecified atom stereocenters. The van der Waals surface area contributed by atoms with Gasteiger partial charge in [0.1, 0.15) is 0 Å². The maximum atomic E-state index is 11.2. The molecule has 0 saturated heterocycles. The van der Waals surface area contributed by atoms with Crippen LogP contribution in [0.4, 0.5) is 0 Å². The number of rotatable bonds is 8. The van der Waals surface area contributed by atoms with E-state index in [2.05, 4.69) is 16.7 Å². The average Bonchev–Trinajstić information content (AvgIpc) is 3.00. The number of hydrogen-bond donors (Lipinski definition) is 2. The summed E-state index contributed by atoms with van der Waals surface area (Å²) in [4.78, 5) is 11.2. The summed E-state index contributed by atoms with van der Waals surface area (Å²) in [5.74, 6) is 0.155. The molecular weight excluding hydrogens is 190 g/mol. The number of carbonyl (C=O) groups excluding carboxylic acids is 1. The third kappa shape index (κ3) is 6.92. The first-order valence-corrected chi connectivity index (χ1v) is 5.70. The number of amides is 1. The van der Waals surface area contributed by atoms with Gasteiger partial charge in [-0.25, -0.2) is 0 Å². The van der Waals surface area contributed by atoms with Crippen LogP contribution in [-0.4, -0.2) is 25.0 Å². The normalized spacial score (nSPS) is 14.6. The van der Waals surface area contributed by atoms with Crippen LogP contribution in [0.5, 0.6) is 0 Å². The fourth-order valence-electron chi connectivity index (χ4n) is 1.31. The smallest absolute Gasteiger partial charge is 0.221 e. The maximum absolute atomic E-state index is 11.2. The molecule has 4 nitrogen and oxygen atoms in total. The fraction of sp³-hybridized carbons (Fsp3) is 0.818. The van der Waals surface area contributed by atoms with Gasteiger partial charge in [0.2, 0.25) is 5.91 Å². The molecule has 0 radical (unpaired) electrons. The van der Waals surface area contributed by atoms with E-state index in [9.17, 15) is 4.79 Å². The maximum Gasteiger partial charge on any atom is 0.221 e. The Morgan fingerprint density at radius 2 is 2.13 bits per heavy atom. The Kier molecular flexibility index (Phi) is 5.79. The summed E-state index contributed by atoms with van der Waals surface area (Å²) >= 11 is 0. The average molecular weight is 209 g/mol. The molecule has 0 aliphatic heterocycles. The molecule has 0 aromatic heterocycles. The summed E-state index contributed by atoms with van der Waals surface area (Å²) < 4.78 is 0. The lowest BCUT2D eigenvalue weighted by molar-refractivity contribution is -0.121. The lowest BCUT2D eigenvalue weighted by Crippen LogP contribution is -2.29. The molecule has 1 amide bonds. The molecule has 4 heteroatoms. The number of nitriles is 1. The topological polar surface area (TPSA) is 64.9 Å². The molecular formula is C11H19N3O. The summed E-state index contributed by atoms with van der Waals surface area (Å²) in [6.07, 6.45) is 5.44. The Balaban J connectivity index is 1.79. The van der Waals surface area contributed by atoms with Gasteiger partial charge in [0.25, 0.3) is 0 Å². The molecule has 15 heavy (non-hydrogen) atoms. The molecule has 0 spiro atoms. The van der Waals surface area contributed by atoms with Gasteiger partial charge in [-0.3, -0.25) is 4.79 Å². The van der Waals surface area contributed by atoms with Crippen LogP contribution in [0.3, 0.4) is 0 Å². The van der Waals surface area contributed by atoms with E-state index in [1.165, 1.54) is 0 Å². The van der Waals surface area contributed by atoms with Crippen molar-refractivity contribution in [3.8, 4) is 6.07 Å². The second-order valence-electron chi connectivity index (χ2n) is 3.96. The van der Waals surface area contributed by atoms with Gasteiger partial charge < -0.3 is 10.6 Å². The molecule has 0 aromatic rings. The van der Waals surface area contributed by atoms with Crippen LogP contribution >= 0.6 is 0 Å². The van der Waals surface area contributed by atoms with Gasteiger partial charge in [0, 0.05) is 25.4 Å². The van der Waals surface area contributed by atoms with Crippen molar-refractivity contribution < 1.29 is 4.79 Å². The Morgan fingerprint density at radius 1 is 1.33 bits per heavy atom. The molecule has 0 aromatic carbocycles. The number of carbonyl (C=O) groups is 1. The molecule has 1 saturated carbocycles. The zero-order valence-electron chi connectivity index (χ0n) is 9.09. The highest BCUT2D eigenvalue weighted by Crippen LogP contribution is 2.18. The predicted molar refractivity (Wildman–Crippen MR) is 58.1 cm³/mol. The van der Waals surface area contributed by atoms with Crippen LogP contribution < -0.4 is 10.6 Å². The summed E-state index contributed by atoms with van der Waals surface area (Å²) in [5.41, 5.74) is 0. The Hall–Kier alpha value is -1.08. The van der Waals surface area contributed by atoms with E-state index in [0.717, 1.165) is 38.8 Å². The first kappa shape index (κ1) is 12.0. The second-order valence-corrected chi connectivity index (χ2v) is 3.96. The molecule has 1 aliphatic carbocycles. The van der Waals surface area contributed by atoms with Crippen molar-refractivity contribution in [2.45, 2.75) is 44.6 Å². The second kappa shape index (κ2) is 7.24. The zero-order valence-corrected chi connectivity index (χ0v) is 9.09. The van der Waals surface area contributed by atoms with Gasteiger partial charge in [-0.05, 0) is 32.2 Å². The van der Waals surface area contributed by atoms with Gasteiger partial charge in [-0.1, -0.05) is 0 Å². The summed E-state index contributed by atoms with van der Waals surface area (Å²) in [6.45, 7) is 1.64. The standard InChI is InChI=1S/C11H19N3O/c12-7-2-1-3-8-13-9-6-11(15)14-10-4-5-10/h10,13H,1-6,8-9H2,(H,14,15). The van der Waals surface area contributed by atoms with Gasteiger partial charge in [-0.2, -0.15) is 5.26 Å². The molecule has 2 N–H and O–H groups in total. The number of nitrogens with zero attached hydrogens (tertiary/aromatic N) is 1. The highest BCUT2D eigenvalue weighted by atomic mass is 16.1. The third-order valence-corrected chi connectivity index (χ3v) is 2.36. The van der Waals surface area contributed by atoms with Crippen molar-refractivity contribution in [1.82, 2.24) is 10.6 Å². The van der Waals surface area contributed by atoms with Crippen molar-refractivity contribution in [2.75, 3.05) is 13.1 Å². The molecule has 1 fully saturated rings. The Labute approximate surface area is 91.0 Å². The van der Waals surface area contributed by atoms with Crippen LogP contribution in [0, 0.1) is 11.3 Å².